The number of allylic oxidation sites excluding steroid dienone is 6. The zero-order valence-corrected chi connectivity index (χ0v) is 32.8. The van der Waals surface area contributed by atoms with Gasteiger partial charge in [-0.25, -0.2) is 9.98 Å². The summed E-state index contributed by atoms with van der Waals surface area (Å²) in [5.41, 5.74) is 9.40. The van der Waals surface area contributed by atoms with Gasteiger partial charge in [-0.1, -0.05) is 86.2 Å². The van der Waals surface area contributed by atoms with Crippen molar-refractivity contribution >= 4 is 34.9 Å². The van der Waals surface area contributed by atoms with E-state index < -0.39 is 0 Å². The monoisotopic (exact) mass is 726 g/mol. The molecule has 2 aliphatic carbocycles. The van der Waals surface area contributed by atoms with Crippen LogP contribution in [0.15, 0.2) is 142 Å². The van der Waals surface area contributed by atoms with Gasteiger partial charge in [0.25, 0.3) is 0 Å². The van der Waals surface area contributed by atoms with Crippen molar-refractivity contribution < 1.29 is 0 Å². The van der Waals surface area contributed by atoms with Crippen LogP contribution in [0.25, 0.3) is 22.7 Å². The largest absolute Gasteiger partial charge is 0.365 e. The number of amidine groups is 2. The summed E-state index contributed by atoms with van der Waals surface area (Å²) >= 11 is 0. The number of fused-ring (bicyclic) bond motifs is 2. The quantitative estimate of drug-likeness (QED) is 0.0814. The second-order valence-electron chi connectivity index (χ2n) is 14.8. The SMILES string of the molecule is C=CC1=C(/C=C\C)N(C(C)/C=C\C(=C)CC/C=N/C(=N\C(=N/C)c2ccccc2-n2ccc3ccc#cc32)[C@H]2CCCCC2n2ccc3c2CCC=C3)CC1. The van der Waals surface area contributed by atoms with Crippen molar-refractivity contribution in [2.75, 3.05) is 13.6 Å². The first-order valence-corrected chi connectivity index (χ1v) is 20.0. The Bertz CT molecular complexity index is 2230. The summed E-state index contributed by atoms with van der Waals surface area (Å²) in [5, 5.41) is 1.12. The summed E-state index contributed by atoms with van der Waals surface area (Å²) < 4.78 is 4.71. The van der Waals surface area contributed by atoms with E-state index in [0.717, 1.165) is 91.5 Å². The summed E-state index contributed by atoms with van der Waals surface area (Å²) in [6, 6.07) is 23.7. The van der Waals surface area contributed by atoms with Crippen molar-refractivity contribution in [3.63, 3.8) is 0 Å². The van der Waals surface area contributed by atoms with E-state index in [-0.39, 0.29) is 12.0 Å². The highest BCUT2D eigenvalue weighted by Gasteiger charge is 2.33. The molecule has 2 unspecified atom stereocenters. The van der Waals surface area contributed by atoms with Gasteiger partial charge in [0.1, 0.15) is 11.4 Å². The molecule has 280 valence electrons. The fraction of sp³-hybridized carbons (Fsp3) is 0.327. The van der Waals surface area contributed by atoms with Crippen molar-refractivity contribution in [3.05, 3.63) is 156 Å². The van der Waals surface area contributed by atoms with E-state index in [0.29, 0.717) is 11.9 Å². The molecule has 0 saturated heterocycles. The number of aliphatic imine (C=N–C) groups is 3. The number of hydrogen-bond donors (Lipinski definition) is 0. The average Bonchev–Trinajstić information content (AvgIpc) is 3.97. The minimum Gasteiger partial charge on any atom is -0.365 e. The predicted octanol–water partition coefficient (Wildman–Crippen LogP) is 11.3. The van der Waals surface area contributed by atoms with Crippen LogP contribution in [0.5, 0.6) is 0 Å². The van der Waals surface area contributed by atoms with Gasteiger partial charge in [0.15, 0.2) is 5.84 Å². The molecule has 2 aromatic heterocycles. The third-order valence-corrected chi connectivity index (χ3v) is 11.4. The van der Waals surface area contributed by atoms with Gasteiger partial charge in [0, 0.05) is 72.5 Å². The molecule has 6 heteroatoms. The zero-order chi connectivity index (χ0) is 38.1. The molecule has 3 atom stereocenters. The standard InChI is InChI=1S/C49H54N6/c1-6-17-43-38(7-2)29-33-53(43)37(4)28-27-36(3)18-16-32-51-49(42-22-11-15-26-47(42)55-35-31-40-20-9-13-24-45(40)55)52-48(50-5)41-21-10-14-25-46(41)54-34-30-39-19-8-12-23-44(39)54/h6-10,14,17,19-21,25,27-28,30-32,34-35,37,42,47H,2-3,11,13,15-16,18,22,24,26,29,33H2,1,4-5H3/b17-6-,28-27-,50-48-,51-32+,52-49-/t37?,42-,47?/m0/s1. The third-order valence-electron chi connectivity index (χ3n) is 11.4. The molecule has 0 radical (unpaired) electrons. The Morgan fingerprint density at radius 1 is 1.07 bits per heavy atom. The molecule has 3 heterocycles. The lowest BCUT2D eigenvalue weighted by Crippen LogP contribution is -2.30. The second-order valence-corrected chi connectivity index (χ2v) is 14.8. The van der Waals surface area contributed by atoms with E-state index in [4.69, 9.17) is 15.0 Å². The van der Waals surface area contributed by atoms with Gasteiger partial charge in [0.2, 0.25) is 0 Å². The van der Waals surface area contributed by atoms with Crippen LogP contribution in [0.3, 0.4) is 0 Å². The number of aromatic nitrogens is 2. The summed E-state index contributed by atoms with van der Waals surface area (Å²) in [7, 11) is 1.84. The first-order valence-electron chi connectivity index (χ1n) is 20.0. The molecule has 4 aromatic rings. The zero-order valence-electron chi connectivity index (χ0n) is 32.8. The highest BCUT2D eigenvalue weighted by atomic mass is 15.2. The lowest BCUT2D eigenvalue weighted by Gasteiger charge is -2.34. The molecule has 7 rings (SSSR count). The van der Waals surface area contributed by atoms with Crippen LogP contribution in [0.1, 0.15) is 88.1 Å². The maximum atomic E-state index is 5.42. The highest BCUT2D eigenvalue weighted by molar-refractivity contribution is 6.10. The molecular weight excluding hydrogens is 673 g/mol. The van der Waals surface area contributed by atoms with Crippen LogP contribution < -0.4 is 0 Å². The Morgan fingerprint density at radius 2 is 1.95 bits per heavy atom. The Hall–Kier alpha value is -5.67. The van der Waals surface area contributed by atoms with Gasteiger partial charge < -0.3 is 14.0 Å². The molecule has 6 nitrogen and oxygen atoms in total. The lowest BCUT2D eigenvalue weighted by atomic mass is 9.83. The van der Waals surface area contributed by atoms with E-state index in [2.05, 4.69) is 151 Å². The van der Waals surface area contributed by atoms with Crippen molar-refractivity contribution in [2.24, 2.45) is 20.9 Å². The van der Waals surface area contributed by atoms with E-state index in [1.54, 1.807) is 0 Å². The van der Waals surface area contributed by atoms with Gasteiger partial charge >= 0.3 is 0 Å². The lowest BCUT2D eigenvalue weighted by molar-refractivity contribution is 0.293. The van der Waals surface area contributed by atoms with Gasteiger partial charge in [0.05, 0.1) is 5.69 Å². The number of para-hydroxylation sites is 1. The predicted molar refractivity (Wildman–Crippen MR) is 232 cm³/mol. The Labute approximate surface area is 328 Å². The minimum atomic E-state index is 0.163. The van der Waals surface area contributed by atoms with Gasteiger partial charge in [-0.3, -0.25) is 4.99 Å². The second kappa shape index (κ2) is 17.6. The van der Waals surface area contributed by atoms with Crippen LogP contribution >= 0.6 is 0 Å². The molecule has 0 bridgehead atoms. The Balaban J connectivity index is 1.16. The molecule has 1 aliphatic heterocycles. The number of benzene rings is 1. The van der Waals surface area contributed by atoms with Crippen LogP contribution in [0, 0.1) is 18.1 Å². The van der Waals surface area contributed by atoms with Gasteiger partial charge in [-0.2, -0.15) is 0 Å². The van der Waals surface area contributed by atoms with Crippen LogP contribution in [-0.2, 0) is 6.42 Å². The Kier molecular flexibility index (Phi) is 12.1. The third kappa shape index (κ3) is 8.22. The average molecular weight is 727 g/mol. The molecule has 1 saturated carbocycles. The minimum absolute atomic E-state index is 0.163. The maximum absolute atomic E-state index is 5.42. The van der Waals surface area contributed by atoms with Crippen molar-refractivity contribution in [1.82, 2.24) is 14.0 Å². The first-order chi connectivity index (χ1) is 27.0. The van der Waals surface area contributed by atoms with E-state index in [1.165, 1.54) is 28.9 Å². The fourth-order valence-electron chi connectivity index (χ4n) is 8.52. The molecular formula is C49H54N6. The van der Waals surface area contributed by atoms with Crippen molar-refractivity contribution in [2.45, 2.75) is 83.7 Å². The highest BCUT2D eigenvalue weighted by Crippen LogP contribution is 2.38. The molecule has 0 spiro atoms. The molecule has 2 aromatic carbocycles. The number of hydrogen-bond acceptors (Lipinski definition) is 2. The first kappa shape index (κ1) is 37.6. The van der Waals surface area contributed by atoms with Gasteiger partial charge in [-0.05, 0) is 118 Å². The molecule has 1 fully saturated rings. The fourth-order valence-corrected chi connectivity index (χ4v) is 8.52. The maximum Gasteiger partial charge on any atom is 0.158 e. The van der Waals surface area contributed by atoms with E-state index in [9.17, 15) is 0 Å². The van der Waals surface area contributed by atoms with E-state index >= 15 is 0 Å². The van der Waals surface area contributed by atoms with Crippen molar-refractivity contribution in [1.29, 1.82) is 0 Å². The molecule has 3 aliphatic rings. The van der Waals surface area contributed by atoms with Crippen LogP contribution in [-0.4, -0.2) is 51.6 Å². The molecule has 0 amide bonds. The summed E-state index contributed by atoms with van der Waals surface area (Å²) in [6.07, 6.45) is 31.1. The Morgan fingerprint density at radius 3 is 2.80 bits per heavy atom. The number of nitrogens with zero attached hydrogens (tertiary/aromatic N) is 6. The smallest absolute Gasteiger partial charge is 0.158 e. The van der Waals surface area contributed by atoms with Crippen LogP contribution in [0.4, 0.5) is 0 Å². The summed E-state index contributed by atoms with van der Waals surface area (Å²) in [5.74, 6) is 1.70. The topological polar surface area (TPSA) is 50.2 Å². The van der Waals surface area contributed by atoms with Crippen LogP contribution in [0.2, 0.25) is 0 Å². The normalized spacial score (nSPS) is 19.9. The van der Waals surface area contributed by atoms with Crippen molar-refractivity contribution in [3.8, 4) is 5.69 Å². The molecule has 55 heavy (non-hydrogen) atoms. The van der Waals surface area contributed by atoms with Gasteiger partial charge in [-0.15, -0.1) is 0 Å². The number of rotatable bonds is 12. The summed E-state index contributed by atoms with van der Waals surface area (Å²) in [6.45, 7) is 13.8. The molecule has 0 N–H and O–H groups in total. The van der Waals surface area contributed by atoms with E-state index in [1.807, 2.05) is 19.2 Å². The summed E-state index contributed by atoms with van der Waals surface area (Å²) in [4.78, 5) is 17.9.